The molecule has 2 aromatic carbocycles. The summed E-state index contributed by atoms with van der Waals surface area (Å²) in [5.41, 5.74) is 2.69. The molecule has 116 valence electrons. The van der Waals surface area contributed by atoms with Crippen molar-refractivity contribution in [1.82, 2.24) is 0 Å². The molecule has 1 atom stereocenters. The fourth-order valence-corrected chi connectivity index (χ4v) is 2.82. The standard InChI is InChI=1S/C20H15F3/c1-2-13-3-6-15-11-16(19(22)12-17(15)9-13)7-4-14-5-8-18(21)20(23)10-14/h2,5,8,10-13H,1,3,6,9H2. The van der Waals surface area contributed by atoms with Crippen LogP contribution in [0.3, 0.4) is 0 Å². The van der Waals surface area contributed by atoms with Crippen molar-refractivity contribution < 1.29 is 13.2 Å². The maximum Gasteiger partial charge on any atom is 0.160 e. The number of hydrogen-bond donors (Lipinski definition) is 0. The van der Waals surface area contributed by atoms with Gasteiger partial charge in [-0.25, -0.2) is 13.2 Å². The Morgan fingerprint density at radius 3 is 2.52 bits per heavy atom. The molecule has 0 nitrogen and oxygen atoms in total. The third kappa shape index (κ3) is 3.32. The van der Waals surface area contributed by atoms with Crippen molar-refractivity contribution >= 4 is 0 Å². The van der Waals surface area contributed by atoms with Crippen molar-refractivity contribution in [3.8, 4) is 11.8 Å². The lowest BCUT2D eigenvalue weighted by molar-refractivity contribution is 0.508. The SMILES string of the molecule is C=CC1CCc2cc(C#Cc3ccc(F)c(F)c3)c(F)cc2C1. The van der Waals surface area contributed by atoms with Gasteiger partial charge in [-0.05, 0) is 66.6 Å². The molecule has 0 N–H and O–H groups in total. The van der Waals surface area contributed by atoms with E-state index >= 15 is 0 Å². The van der Waals surface area contributed by atoms with Crippen LogP contribution in [-0.2, 0) is 12.8 Å². The van der Waals surface area contributed by atoms with E-state index in [-0.39, 0.29) is 11.4 Å². The summed E-state index contributed by atoms with van der Waals surface area (Å²) in [5.74, 6) is 3.52. The van der Waals surface area contributed by atoms with Crippen LogP contribution >= 0.6 is 0 Å². The van der Waals surface area contributed by atoms with Gasteiger partial charge in [-0.15, -0.1) is 6.58 Å². The zero-order valence-electron chi connectivity index (χ0n) is 12.5. The van der Waals surface area contributed by atoms with E-state index in [9.17, 15) is 13.2 Å². The van der Waals surface area contributed by atoms with Gasteiger partial charge in [0.2, 0.25) is 0 Å². The van der Waals surface area contributed by atoms with Crippen LogP contribution in [0.1, 0.15) is 28.7 Å². The second-order valence-corrected chi connectivity index (χ2v) is 5.72. The van der Waals surface area contributed by atoms with E-state index in [1.807, 2.05) is 6.08 Å². The Bertz CT molecular complexity index is 825. The van der Waals surface area contributed by atoms with Crippen molar-refractivity contribution in [2.24, 2.45) is 5.92 Å². The minimum Gasteiger partial charge on any atom is -0.206 e. The molecule has 1 aliphatic rings. The molecule has 0 saturated heterocycles. The Morgan fingerprint density at radius 2 is 1.78 bits per heavy atom. The van der Waals surface area contributed by atoms with Crippen LogP contribution in [0.25, 0.3) is 0 Å². The summed E-state index contributed by atoms with van der Waals surface area (Å²) in [6, 6.07) is 6.68. The van der Waals surface area contributed by atoms with E-state index in [0.717, 1.165) is 42.5 Å². The number of hydrogen-bond acceptors (Lipinski definition) is 0. The number of halogens is 3. The molecule has 2 aromatic rings. The third-order valence-electron chi connectivity index (χ3n) is 4.15. The molecule has 1 aliphatic carbocycles. The Balaban J connectivity index is 1.91. The molecular weight excluding hydrogens is 297 g/mol. The second kappa shape index (κ2) is 6.34. The molecule has 0 aromatic heterocycles. The predicted molar refractivity (Wildman–Crippen MR) is 84.5 cm³/mol. The average Bonchev–Trinajstić information content (AvgIpc) is 2.55. The van der Waals surface area contributed by atoms with Gasteiger partial charge in [-0.1, -0.05) is 17.9 Å². The Morgan fingerprint density at radius 1 is 0.957 bits per heavy atom. The first-order valence-corrected chi connectivity index (χ1v) is 7.47. The van der Waals surface area contributed by atoms with E-state index in [2.05, 4.69) is 18.4 Å². The lowest BCUT2D eigenvalue weighted by Gasteiger charge is -2.22. The monoisotopic (exact) mass is 312 g/mol. The molecule has 23 heavy (non-hydrogen) atoms. The fourth-order valence-electron chi connectivity index (χ4n) is 2.82. The first-order valence-electron chi connectivity index (χ1n) is 7.47. The largest absolute Gasteiger partial charge is 0.206 e. The maximum absolute atomic E-state index is 14.2. The normalized spacial score (nSPS) is 16.2. The maximum atomic E-state index is 14.2. The van der Waals surface area contributed by atoms with Crippen LogP contribution < -0.4 is 0 Å². The highest BCUT2D eigenvalue weighted by Gasteiger charge is 2.18. The summed E-state index contributed by atoms with van der Waals surface area (Å²) in [5, 5.41) is 0. The van der Waals surface area contributed by atoms with Gasteiger partial charge in [0.05, 0.1) is 5.56 Å². The van der Waals surface area contributed by atoms with Crippen molar-refractivity contribution in [3.05, 3.63) is 82.7 Å². The molecule has 0 fully saturated rings. The molecule has 0 heterocycles. The van der Waals surface area contributed by atoms with E-state index < -0.39 is 11.6 Å². The minimum absolute atomic E-state index is 0.283. The first kappa shape index (κ1) is 15.4. The van der Waals surface area contributed by atoms with Gasteiger partial charge in [0.25, 0.3) is 0 Å². The van der Waals surface area contributed by atoms with E-state index in [0.29, 0.717) is 11.5 Å². The van der Waals surface area contributed by atoms with Crippen LogP contribution in [0, 0.1) is 35.2 Å². The summed E-state index contributed by atoms with van der Waals surface area (Å²) in [4.78, 5) is 0. The van der Waals surface area contributed by atoms with Crippen molar-refractivity contribution in [2.75, 3.05) is 0 Å². The summed E-state index contributed by atoms with van der Waals surface area (Å²) in [7, 11) is 0. The molecule has 1 unspecified atom stereocenters. The zero-order chi connectivity index (χ0) is 16.4. The van der Waals surface area contributed by atoms with Crippen molar-refractivity contribution in [1.29, 1.82) is 0 Å². The number of fused-ring (bicyclic) bond motifs is 1. The molecule has 0 saturated carbocycles. The number of benzene rings is 2. The van der Waals surface area contributed by atoms with Gasteiger partial charge in [-0.2, -0.15) is 0 Å². The van der Waals surface area contributed by atoms with Crippen molar-refractivity contribution in [2.45, 2.75) is 19.3 Å². The molecule has 0 radical (unpaired) electrons. The van der Waals surface area contributed by atoms with Gasteiger partial charge < -0.3 is 0 Å². The fraction of sp³-hybridized carbons (Fsp3) is 0.200. The summed E-state index contributed by atoms with van der Waals surface area (Å²) in [6.45, 7) is 3.80. The highest BCUT2D eigenvalue weighted by molar-refractivity contribution is 5.47. The number of rotatable bonds is 1. The number of aryl methyl sites for hydroxylation is 1. The smallest absolute Gasteiger partial charge is 0.160 e. The predicted octanol–water partition coefficient (Wildman–Crippen LogP) is 4.79. The molecule has 3 heteroatoms. The highest BCUT2D eigenvalue weighted by atomic mass is 19.2. The first-order chi connectivity index (χ1) is 11.1. The molecule has 3 rings (SSSR count). The molecule has 0 spiro atoms. The molecule has 0 amide bonds. The van der Waals surface area contributed by atoms with E-state index in [1.165, 1.54) is 12.1 Å². The van der Waals surface area contributed by atoms with Gasteiger partial charge in [0, 0.05) is 5.56 Å². The minimum atomic E-state index is -0.960. The Hall–Kier alpha value is -2.47. The summed E-state index contributed by atoms with van der Waals surface area (Å²) < 4.78 is 40.2. The van der Waals surface area contributed by atoms with Gasteiger partial charge in [0.15, 0.2) is 11.6 Å². The second-order valence-electron chi connectivity index (χ2n) is 5.72. The van der Waals surface area contributed by atoms with Crippen LogP contribution in [0.5, 0.6) is 0 Å². The van der Waals surface area contributed by atoms with Crippen LogP contribution in [-0.4, -0.2) is 0 Å². The van der Waals surface area contributed by atoms with Gasteiger partial charge >= 0.3 is 0 Å². The van der Waals surface area contributed by atoms with E-state index in [4.69, 9.17) is 0 Å². The number of allylic oxidation sites excluding steroid dienone is 1. The topological polar surface area (TPSA) is 0 Å². The quantitative estimate of drug-likeness (QED) is 0.524. The Kier molecular flexibility index (Phi) is 4.25. The molecular formula is C20H15F3. The van der Waals surface area contributed by atoms with Crippen LogP contribution in [0.4, 0.5) is 13.2 Å². The van der Waals surface area contributed by atoms with E-state index in [1.54, 1.807) is 6.07 Å². The van der Waals surface area contributed by atoms with Crippen molar-refractivity contribution in [3.63, 3.8) is 0 Å². The summed E-state index contributed by atoms with van der Waals surface area (Å²) >= 11 is 0. The lowest BCUT2D eigenvalue weighted by Crippen LogP contribution is -2.13. The summed E-state index contributed by atoms with van der Waals surface area (Å²) in [6.07, 6.45) is 4.58. The highest BCUT2D eigenvalue weighted by Crippen LogP contribution is 2.28. The average molecular weight is 312 g/mol. The third-order valence-corrected chi connectivity index (χ3v) is 4.15. The Labute approximate surface area is 133 Å². The molecule has 0 aliphatic heterocycles. The lowest BCUT2D eigenvalue weighted by atomic mass is 9.83. The van der Waals surface area contributed by atoms with Crippen LogP contribution in [0.15, 0.2) is 43.0 Å². The molecule has 0 bridgehead atoms. The van der Waals surface area contributed by atoms with Gasteiger partial charge in [-0.3, -0.25) is 0 Å². The zero-order valence-corrected chi connectivity index (χ0v) is 12.5. The van der Waals surface area contributed by atoms with Crippen LogP contribution in [0.2, 0.25) is 0 Å². The van der Waals surface area contributed by atoms with Gasteiger partial charge in [0.1, 0.15) is 5.82 Å².